The van der Waals surface area contributed by atoms with Crippen LogP contribution >= 0.6 is 11.6 Å². The SMILES string of the molecule is CCS(=O)(=O)CCNS(=O)(=O)c1ccc(CN)c(Cl)c1. The van der Waals surface area contributed by atoms with Gasteiger partial charge in [-0.1, -0.05) is 24.6 Å². The first kappa shape index (κ1) is 17.4. The van der Waals surface area contributed by atoms with Gasteiger partial charge in [0.25, 0.3) is 0 Å². The second-order valence-corrected chi connectivity index (χ2v) is 8.74. The molecule has 9 heteroatoms. The van der Waals surface area contributed by atoms with Gasteiger partial charge in [0.15, 0.2) is 9.84 Å². The van der Waals surface area contributed by atoms with E-state index in [9.17, 15) is 16.8 Å². The van der Waals surface area contributed by atoms with E-state index in [-0.39, 0.29) is 34.5 Å². The summed E-state index contributed by atoms with van der Waals surface area (Å²) >= 11 is 5.90. The molecule has 0 spiro atoms. The van der Waals surface area contributed by atoms with Crippen molar-refractivity contribution in [2.75, 3.05) is 18.1 Å². The Morgan fingerprint density at radius 3 is 2.40 bits per heavy atom. The molecule has 6 nitrogen and oxygen atoms in total. The number of rotatable bonds is 7. The number of nitrogens with one attached hydrogen (secondary N) is 1. The molecule has 0 amide bonds. The van der Waals surface area contributed by atoms with Gasteiger partial charge in [-0.2, -0.15) is 0 Å². The number of hydrogen-bond donors (Lipinski definition) is 2. The molecule has 0 atom stereocenters. The van der Waals surface area contributed by atoms with Crippen molar-refractivity contribution >= 4 is 31.5 Å². The lowest BCUT2D eigenvalue weighted by atomic mass is 10.2. The number of hydrogen-bond acceptors (Lipinski definition) is 5. The lowest BCUT2D eigenvalue weighted by Gasteiger charge is -2.08. The van der Waals surface area contributed by atoms with Crippen molar-refractivity contribution in [1.82, 2.24) is 4.72 Å². The molecule has 0 saturated carbocycles. The van der Waals surface area contributed by atoms with E-state index in [2.05, 4.69) is 4.72 Å². The zero-order valence-electron chi connectivity index (χ0n) is 11.0. The molecule has 1 aromatic rings. The Kier molecular flexibility index (Phi) is 5.96. The zero-order chi connectivity index (χ0) is 15.4. The monoisotopic (exact) mass is 340 g/mol. The van der Waals surface area contributed by atoms with Gasteiger partial charge in [-0.3, -0.25) is 0 Å². The molecule has 0 fully saturated rings. The van der Waals surface area contributed by atoms with E-state index < -0.39 is 19.9 Å². The largest absolute Gasteiger partial charge is 0.326 e. The van der Waals surface area contributed by atoms with Crippen molar-refractivity contribution < 1.29 is 16.8 Å². The summed E-state index contributed by atoms with van der Waals surface area (Å²) < 4.78 is 48.7. The molecule has 0 bridgehead atoms. The molecule has 0 saturated heterocycles. The van der Waals surface area contributed by atoms with E-state index in [1.807, 2.05) is 0 Å². The van der Waals surface area contributed by atoms with Crippen molar-refractivity contribution in [2.24, 2.45) is 5.73 Å². The Balaban J connectivity index is 2.82. The average Bonchev–Trinajstić information content (AvgIpc) is 2.38. The topological polar surface area (TPSA) is 106 Å². The summed E-state index contributed by atoms with van der Waals surface area (Å²) in [6.07, 6.45) is 0. The summed E-state index contributed by atoms with van der Waals surface area (Å²) in [5.74, 6) is -0.261. The lowest BCUT2D eigenvalue weighted by Crippen LogP contribution is -2.29. The van der Waals surface area contributed by atoms with Gasteiger partial charge in [0.2, 0.25) is 10.0 Å². The summed E-state index contributed by atoms with van der Waals surface area (Å²) in [5, 5.41) is 0.261. The molecule has 1 rings (SSSR count). The molecule has 0 radical (unpaired) electrons. The Morgan fingerprint density at radius 1 is 1.25 bits per heavy atom. The van der Waals surface area contributed by atoms with Gasteiger partial charge in [0.1, 0.15) is 0 Å². The van der Waals surface area contributed by atoms with Crippen LogP contribution in [0.1, 0.15) is 12.5 Å². The van der Waals surface area contributed by atoms with E-state index in [1.165, 1.54) is 25.1 Å². The van der Waals surface area contributed by atoms with Gasteiger partial charge >= 0.3 is 0 Å². The highest BCUT2D eigenvalue weighted by Gasteiger charge is 2.16. The van der Waals surface area contributed by atoms with E-state index in [0.717, 1.165) is 0 Å². The number of nitrogens with two attached hydrogens (primary N) is 1. The first-order valence-electron chi connectivity index (χ1n) is 5.90. The van der Waals surface area contributed by atoms with Crippen LogP contribution in [0.5, 0.6) is 0 Å². The van der Waals surface area contributed by atoms with Crippen LogP contribution < -0.4 is 10.5 Å². The molecule has 20 heavy (non-hydrogen) atoms. The zero-order valence-corrected chi connectivity index (χ0v) is 13.4. The van der Waals surface area contributed by atoms with Gasteiger partial charge in [-0.15, -0.1) is 0 Å². The van der Waals surface area contributed by atoms with Crippen LogP contribution in [0.2, 0.25) is 5.02 Å². The van der Waals surface area contributed by atoms with E-state index in [0.29, 0.717) is 5.56 Å². The molecule has 1 aromatic carbocycles. The smallest absolute Gasteiger partial charge is 0.240 e. The van der Waals surface area contributed by atoms with Crippen molar-refractivity contribution in [2.45, 2.75) is 18.4 Å². The molecule has 3 N–H and O–H groups in total. The number of benzene rings is 1. The second-order valence-electron chi connectivity index (χ2n) is 4.09. The molecule has 0 aliphatic heterocycles. The molecule has 0 unspecified atom stereocenters. The Hall–Kier alpha value is -0.670. The van der Waals surface area contributed by atoms with Crippen LogP contribution in [0, 0.1) is 0 Å². The van der Waals surface area contributed by atoms with Crippen molar-refractivity contribution in [1.29, 1.82) is 0 Å². The maximum atomic E-state index is 12.0. The summed E-state index contributed by atoms with van der Waals surface area (Å²) in [6.45, 7) is 1.55. The highest BCUT2D eigenvalue weighted by molar-refractivity contribution is 7.91. The molecule has 0 heterocycles. The van der Waals surface area contributed by atoms with Gasteiger partial charge in [0.05, 0.1) is 10.6 Å². The quantitative estimate of drug-likeness (QED) is 0.752. The van der Waals surface area contributed by atoms with Gasteiger partial charge < -0.3 is 5.73 Å². The van der Waals surface area contributed by atoms with Gasteiger partial charge in [-0.05, 0) is 17.7 Å². The average molecular weight is 341 g/mol. The summed E-state index contributed by atoms with van der Waals surface area (Å²) in [6, 6.07) is 4.20. The highest BCUT2D eigenvalue weighted by Crippen LogP contribution is 2.20. The predicted molar refractivity (Wildman–Crippen MR) is 78.9 cm³/mol. The van der Waals surface area contributed by atoms with Crippen molar-refractivity contribution in [3.8, 4) is 0 Å². The summed E-state index contributed by atoms with van der Waals surface area (Å²) in [4.78, 5) is -0.0198. The third-order valence-electron chi connectivity index (χ3n) is 2.70. The van der Waals surface area contributed by atoms with Gasteiger partial charge in [-0.25, -0.2) is 21.6 Å². The van der Waals surface area contributed by atoms with E-state index >= 15 is 0 Å². The Labute approximate surface area is 124 Å². The molecular weight excluding hydrogens is 324 g/mol. The van der Waals surface area contributed by atoms with Crippen molar-refractivity contribution in [3.63, 3.8) is 0 Å². The summed E-state index contributed by atoms with van der Waals surface area (Å²) in [5.41, 5.74) is 6.08. The molecule has 0 aliphatic rings. The molecular formula is C11H17ClN2O4S2. The van der Waals surface area contributed by atoms with Crippen LogP contribution in [0.4, 0.5) is 0 Å². The standard InChI is InChI=1S/C11H17ClN2O4S2/c1-2-19(15,16)6-5-14-20(17,18)10-4-3-9(8-13)11(12)7-10/h3-4,7,14H,2,5-6,8,13H2,1H3. The van der Waals surface area contributed by atoms with Crippen LogP contribution in [-0.2, 0) is 26.4 Å². The van der Waals surface area contributed by atoms with Crippen molar-refractivity contribution in [3.05, 3.63) is 28.8 Å². The number of sulfonamides is 1. The summed E-state index contributed by atoms with van der Waals surface area (Å²) in [7, 11) is -6.99. The van der Waals surface area contributed by atoms with E-state index in [1.54, 1.807) is 0 Å². The van der Waals surface area contributed by atoms with Crippen LogP contribution in [0.3, 0.4) is 0 Å². The van der Waals surface area contributed by atoms with Crippen LogP contribution in [-0.4, -0.2) is 34.9 Å². The minimum Gasteiger partial charge on any atom is -0.326 e. The third-order valence-corrected chi connectivity index (χ3v) is 6.22. The first-order valence-corrected chi connectivity index (χ1v) is 9.58. The fourth-order valence-corrected chi connectivity index (χ4v) is 3.63. The normalized spacial score (nSPS) is 12.6. The number of sulfone groups is 1. The van der Waals surface area contributed by atoms with Gasteiger partial charge in [0, 0.05) is 23.9 Å². The van der Waals surface area contributed by atoms with E-state index in [4.69, 9.17) is 17.3 Å². The maximum Gasteiger partial charge on any atom is 0.240 e. The minimum absolute atomic E-state index is 0.0198. The highest BCUT2D eigenvalue weighted by atomic mass is 35.5. The predicted octanol–water partition coefficient (Wildman–Crippen LogP) is 0.512. The molecule has 114 valence electrons. The minimum atomic E-state index is -3.78. The third kappa shape index (κ3) is 4.71. The maximum absolute atomic E-state index is 12.0. The lowest BCUT2D eigenvalue weighted by molar-refractivity contribution is 0.581. The Morgan fingerprint density at radius 2 is 1.90 bits per heavy atom. The molecule has 0 aliphatic carbocycles. The van der Waals surface area contributed by atoms with Crippen LogP contribution in [0.25, 0.3) is 0 Å². The number of halogens is 1. The molecule has 0 aromatic heterocycles. The fraction of sp³-hybridized carbons (Fsp3) is 0.455. The first-order chi connectivity index (χ1) is 9.22. The van der Waals surface area contributed by atoms with Crippen LogP contribution in [0.15, 0.2) is 23.1 Å². The fourth-order valence-electron chi connectivity index (χ4n) is 1.42. The second kappa shape index (κ2) is 6.86. The Bertz CT molecular complexity index is 672.